The molecule has 0 radical (unpaired) electrons. The van der Waals surface area contributed by atoms with Crippen molar-refractivity contribution in [2.75, 3.05) is 7.11 Å². The van der Waals surface area contributed by atoms with Crippen molar-refractivity contribution >= 4 is 6.21 Å². The van der Waals surface area contributed by atoms with E-state index < -0.39 is 6.10 Å². The van der Waals surface area contributed by atoms with Crippen molar-refractivity contribution in [3.63, 3.8) is 0 Å². The topological polar surface area (TPSA) is 62.0 Å². The summed E-state index contributed by atoms with van der Waals surface area (Å²) >= 11 is 0. The molecule has 0 bridgehead atoms. The molecule has 158 valence electrons. The number of hydrogen-bond donors (Lipinski definition) is 2. The van der Waals surface area contributed by atoms with E-state index in [2.05, 4.69) is 25.1 Å². The molecule has 0 aromatic heterocycles. The molecular weight excluding hydrogens is 374 g/mol. The molecule has 3 aliphatic carbocycles. The quantitative estimate of drug-likeness (QED) is 0.727. The Hall–Kier alpha value is -2.33. The maximum atomic E-state index is 11.3. The first-order chi connectivity index (χ1) is 14.5. The number of aryl methyl sites for hydroxylation is 1. The summed E-state index contributed by atoms with van der Waals surface area (Å²) in [5.41, 5.74) is 3.56. The van der Waals surface area contributed by atoms with Crippen LogP contribution in [0.2, 0.25) is 0 Å². The molecule has 2 fully saturated rings. The van der Waals surface area contributed by atoms with Gasteiger partial charge in [0.1, 0.15) is 11.5 Å². The number of para-hydroxylation sites is 1. The van der Waals surface area contributed by atoms with Gasteiger partial charge in [0.25, 0.3) is 0 Å². The summed E-state index contributed by atoms with van der Waals surface area (Å²) in [6.45, 7) is 2.28. The standard InChI is InChI=1S/C26H31NO3/c1-26-12-11-20-19-10-8-18(30-2)13-16(19)7-9-21(20)22(26)14-23(25(26)29)27-15-17-5-3-4-6-24(17)28/h3-6,8,10,13,15,20-23,25,28-29H,7,9,11-12,14H2,1-2H3/t20-,21-,22+,23?,25?,26+/m1/s1. The molecule has 4 nitrogen and oxygen atoms in total. The Kier molecular flexibility index (Phi) is 4.85. The van der Waals surface area contributed by atoms with Gasteiger partial charge in [-0.15, -0.1) is 0 Å². The Labute approximate surface area is 178 Å². The summed E-state index contributed by atoms with van der Waals surface area (Å²) in [6.07, 6.45) is 6.66. The number of aliphatic hydroxyl groups is 1. The number of phenols is 1. The lowest BCUT2D eigenvalue weighted by atomic mass is 9.55. The average molecular weight is 406 g/mol. The van der Waals surface area contributed by atoms with E-state index in [9.17, 15) is 10.2 Å². The van der Waals surface area contributed by atoms with Gasteiger partial charge in [-0.05, 0) is 90.7 Å². The molecule has 2 unspecified atom stereocenters. The maximum Gasteiger partial charge on any atom is 0.124 e. The van der Waals surface area contributed by atoms with Crippen LogP contribution in [0.25, 0.3) is 0 Å². The van der Waals surface area contributed by atoms with Crippen molar-refractivity contribution in [2.45, 2.75) is 57.1 Å². The molecule has 0 amide bonds. The Balaban J connectivity index is 1.40. The predicted octanol–water partition coefficient (Wildman–Crippen LogP) is 4.72. The van der Waals surface area contributed by atoms with Crippen molar-refractivity contribution in [2.24, 2.45) is 22.2 Å². The first-order valence-electron chi connectivity index (χ1n) is 11.2. The maximum absolute atomic E-state index is 11.3. The third kappa shape index (κ3) is 3.04. The first-order valence-corrected chi connectivity index (χ1v) is 11.2. The zero-order valence-corrected chi connectivity index (χ0v) is 17.8. The van der Waals surface area contributed by atoms with Gasteiger partial charge in [0.2, 0.25) is 0 Å². The summed E-state index contributed by atoms with van der Waals surface area (Å²) < 4.78 is 5.43. The third-order valence-corrected chi connectivity index (χ3v) is 8.25. The minimum absolute atomic E-state index is 0.0775. The summed E-state index contributed by atoms with van der Waals surface area (Å²) in [7, 11) is 1.73. The number of rotatable bonds is 3. The Morgan fingerprint density at radius 3 is 2.80 bits per heavy atom. The number of methoxy groups -OCH3 is 1. The Bertz CT molecular complexity index is 971. The second-order valence-electron chi connectivity index (χ2n) is 9.61. The van der Waals surface area contributed by atoms with Gasteiger partial charge in [0.15, 0.2) is 0 Å². The number of phenolic OH excluding ortho intramolecular Hbond substituents is 1. The second kappa shape index (κ2) is 7.42. The number of ether oxygens (including phenoxy) is 1. The third-order valence-electron chi connectivity index (χ3n) is 8.25. The fourth-order valence-electron chi connectivity index (χ4n) is 6.59. The number of aromatic hydroxyl groups is 1. The number of hydrogen-bond acceptors (Lipinski definition) is 4. The van der Waals surface area contributed by atoms with Crippen LogP contribution in [-0.4, -0.2) is 35.7 Å². The number of aliphatic imine (C=N–C) groups is 1. The molecule has 0 saturated heterocycles. The summed E-state index contributed by atoms with van der Waals surface area (Å²) in [4.78, 5) is 4.76. The first kappa shape index (κ1) is 19.6. The largest absolute Gasteiger partial charge is 0.507 e. The lowest BCUT2D eigenvalue weighted by molar-refractivity contribution is -0.0254. The molecule has 5 rings (SSSR count). The highest BCUT2D eigenvalue weighted by molar-refractivity contribution is 5.83. The molecule has 0 heterocycles. The normalized spacial score (nSPS) is 35.0. The SMILES string of the molecule is COc1ccc2c(c1)CC[C@@H]1[C@@H]2CC[C@]2(C)C(O)C(N=Cc3ccccc3O)C[C@@H]12. The van der Waals surface area contributed by atoms with Gasteiger partial charge in [-0.3, -0.25) is 4.99 Å². The van der Waals surface area contributed by atoms with Gasteiger partial charge < -0.3 is 14.9 Å². The zero-order valence-electron chi connectivity index (χ0n) is 17.8. The molecular formula is C26H31NO3. The molecule has 6 atom stereocenters. The zero-order chi connectivity index (χ0) is 20.9. The van der Waals surface area contributed by atoms with Crippen LogP contribution in [0.3, 0.4) is 0 Å². The van der Waals surface area contributed by atoms with E-state index in [0.29, 0.717) is 23.3 Å². The smallest absolute Gasteiger partial charge is 0.124 e. The molecule has 2 aromatic rings. The molecule has 0 aliphatic heterocycles. The van der Waals surface area contributed by atoms with Gasteiger partial charge >= 0.3 is 0 Å². The highest BCUT2D eigenvalue weighted by Gasteiger charge is 2.58. The molecule has 30 heavy (non-hydrogen) atoms. The number of fused-ring (bicyclic) bond motifs is 5. The predicted molar refractivity (Wildman–Crippen MR) is 118 cm³/mol. The van der Waals surface area contributed by atoms with Crippen molar-refractivity contribution in [3.05, 3.63) is 59.2 Å². The average Bonchev–Trinajstić information content (AvgIpc) is 3.03. The van der Waals surface area contributed by atoms with Crippen LogP contribution in [0.4, 0.5) is 0 Å². The van der Waals surface area contributed by atoms with E-state index >= 15 is 0 Å². The van der Waals surface area contributed by atoms with Gasteiger partial charge in [-0.25, -0.2) is 0 Å². The van der Waals surface area contributed by atoms with Crippen molar-refractivity contribution in [3.8, 4) is 11.5 Å². The van der Waals surface area contributed by atoms with Crippen LogP contribution in [0.1, 0.15) is 55.2 Å². The second-order valence-corrected chi connectivity index (χ2v) is 9.61. The minimum Gasteiger partial charge on any atom is -0.507 e. The number of aliphatic hydroxyl groups excluding tert-OH is 1. The number of benzene rings is 2. The van der Waals surface area contributed by atoms with Crippen molar-refractivity contribution in [1.29, 1.82) is 0 Å². The van der Waals surface area contributed by atoms with Crippen LogP contribution >= 0.6 is 0 Å². The van der Waals surface area contributed by atoms with Crippen LogP contribution in [0.15, 0.2) is 47.5 Å². The summed E-state index contributed by atoms with van der Waals surface area (Å²) in [6, 6.07) is 13.7. The fourth-order valence-corrected chi connectivity index (χ4v) is 6.59. The lowest BCUT2D eigenvalue weighted by Crippen LogP contribution is -2.44. The van der Waals surface area contributed by atoms with E-state index in [1.165, 1.54) is 17.5 Å². The monoisotopic (exact) mass is 405 g/mol. The lowest BCUT2D eigenvalue weighted by Gasteiger charge is -2.50. The van der Waals surface area contributed by atoms with E-state index in [4.69, 9.17) is 9.73 Å². The Morgan fingerprint density at radius 1 is 1.17 bits per heavy atom. The highest BCUT2D eigenvalue weighted by atomic mass is 16.5. The van der Waals surface area contributed by atoms with Crippen LogP contribution in [-0.2, 0) is 6.42 Å². The van der Waals surface area contributed by atoms with Crippen molar-refractivity contribution < 1.29 is 14.9 Å². The van der Waals surface area contributed by atoms with Gasteiger partial charge in [-0.1, -0.05) is 25.1 Å². The Morgan fingerprint density at radius 2 is 2.00 bits per heavy atom. The van der Waals surface area contributed by atoms with Gasteiger partial charge in [0, 0.05) is 11.8 Å². The van der Waals surface area contributed by atoms with E-state index in [0.717, 1.165) is 31.4 Å². The summed E-state index contributed by atoms with van der Waals surface area (Å²) in [5.74, 6) is 2.84. The van der Waals surface area contributed by atoms with E-state index in [1.54, 1.807) is 19.4 Å². The molecule has 2 saturated carbocycles. The molecule has 2 N–H and O–H groups in total. The van der Waals surface area contributed by atoms with Crippen molar-refractivity contribution in [1.82, 2.24) is 0 Å². The van der Waals surface area contributed by atoms with Crippen LogP contribution in [0, 0.1) is 17.3 Å². The van der Waals surface area contributed by atoms with E-state index in [1.807, 2.05) is 18.2 Å². The summed E-state index contributed by atoms with van der Waals surface area (Å²) in [5, 5.41) is 21.3. The van der Waals surface area contributed by atoms with Crippen LogP contribution < -0.4 is 4.74 Å². The molecule has 4 heteroatoms. The number of nitrogens with zero attached hydrogens (tertiary/aromatic N) is 1. The van der Waals surface area contributed by atoms with E-state index in [-0.39, 0.29) is 17.2 Å². The molecule has 2 aromatic carbocycles. The van der Waals surface area contributed by atoms with Gasteiger partial charge in [-0.2, -0.15) is 0 Å². The van der Waals surface area contributed by atoms with Gasteiger partial charge in [0.05, 0.1) is 19.3 Å². The highest BCUT2D eigenvalue weighted by Crippen LogP contribution is 2.61. The fraction of sp³-hybridized carbons (Fsp3) is 0.500. The minimum atomic E-state index is -0.428. The van der Waals surface area contributed by atoms with Crippen LogP contribution in [0.5, 0.6) is 11.5 Å². The molecule has 3 aliphatic rings. The molecule has 0 spiro atoms.